The van der Waals surface area contributed by atoms with Crippen molar-refractivity contribution < 1.29 is 9.07 Å². The lowest BCUT2D eigenvalue weighted by molar-refractivity contribution is 0.590. The Labute approximate surface area is 219 Å². The molecule has 0 aliphatic carbocycles. The molecule has 38 heavy (non-hydrogen) atoms. The van der Waals surface area contributed by atoms with Crippen LogP contribution < -0.4 is 20.5 Å². The first-order chi connectivity index (χ1) is 18.8. The van der Waals surface area contributed by atoms with Crippen molar-refractivity contribution in [2.45, 2.75) is 0 Å². The molecule has 0 saturated carbocycles. The van der Waals surface area contributed by atoms with Gasteiger partial charge < -0.3 is 14.0 Å². The predicted octanol–water partition coefficient (Wildman–Crippen LogP) is 7.69. The van der Waals surface area contributed by atoms with Crippen molar-refractivity contribution in [1.82, 2.24) is 0 Å². The van der Waals surface area contributed by atoms with Crippen LogP contribution in [0, 0.1) is 0 Å². The van der Waals surface area contributed by atoms with E-state index in [4.69, 9.17) is 9.07 Å². The lowest BCUT2D eigenvalue weighted by Crippen LogP contribution is -2.56. The van der Waals surface area contributed by atoms with Gasteiger partial charge in [-0.25, -0.2) is 0 Å². The average molecular weight is 485 g/mol. The lowest BCUT2D eigenvalue weighted by atomic mass is 9.48. The first kappa shape index (κ1) is 20.1. The summed E-state index contributed by atoms with van der Waals surface area (Å²) >= 11 is 0. The number of anilines is 3. The van der Waals surface area contributed by atoms with Crippen LogP contribution >= 0.6 is 0 Å². The van der Waals surface area contributed by atoms with Gasteiger partial charge >= 0.3 is 6.92 Å². The molecule has 0 saturated heterocycles. The fourth-order valence-corrected chi connectivity index (χ4v) is 6.48. The number of benzene rings is 6. The van der Waals surface area contributed by atoms with E-state index in [1.807, 2.05) is 6.07 Å². The lowest BCUT2D eigenvalue weighted by Gasteiger charge is -2.40. The molecule has 3 heterocycles. The van der Waals surface area contributed by atoms with Crippen molar-refractivity contribution in [3.8, 4) is 16.9 Å². The fraction of sp³-hybridized carbons (Fsp3) is 0. The molecular formula is C34H20BNO2. The third-order valence-corrected chi connectivity index (χ3v) is 8.12. The highest BCUT2D eigenvalue weighted by molar-refractivity contribution is 6.87. The van der Waals surface area contributed by atoms with Crippen LogP contribution in [0.2, 0.25) is 0 Å². The summed E-state index contributed by atoms with van der Waals surface area (Å²) in [5.74, 6) is 0.903. The third kappa shape index (κ3) is 2.59. The number of rotatable bonds is 1. The topological polar surface area (TPSA) is 25.6 Å². The second-order valence-electron chi connectivity index (χ2n) is 10.1. The molecule has 1 aromatic heterocycles. The van der Waals surface area contributed by atoms with E-state index in [1.165, 1.54) is 38.0 Å². The Morgan fingerprint density at radius 1 is 0.579 bits per heavy atom. The van der Waals surface area contributed by atoms with Gasteiger partial charge in [-0.3, -0.25) is 0 Å². The summed E-state index contributed by atoms with van der Waals surface area (Å²) in [6.45, 7) is -0.230. The van der Waals surface area contributed by atoms with Gasteiger partial charge in [-0.05, 0) is 63.5 Å². The first-order valence-corrected chi connectivity index (χ1v) is 13.0. The van der Waals surface area contributed by atoms with Crippen LogP contribution in [0.1, 0.15) is 0 Å². The van der Waals surface area contributed by atoms with E-state index < -0.39 is 0 Å². The largest absolute Gasteiger partial charge is 0.551 e. The summed E-state index contributed by atoms with van der Waals surface area (Å²) in [7, 11) is 0. The van der Waals surface area contributed by atoms with Crippen LogP contribution in [-0.4, -0.2) is 6.92 Å². The zero-order valence-electron chi connectivity index (χ0n) is 20.4. The molecule has 2 aliphatic rings. The van der Waals surface area contributed by atoms with Crippen LogP contribution in [-0.2, 0) is 0 Å². The molecule has 0 atom stereocenters. The molecule has 0 fully saturated rings. The molecule has 6 aromatic carbocycles. The normalized spacial score (nSPS) is 13.4. The molecule has 0 spiro atoms. The zero-order chi connectivity index (χ0) is 24.8. The van der Waals surface area contributed by atoms with Gasteiger partial charge in [-0.1, -0.05) is 78.9 Å². The van der Waals surface area contributed by atoms with E-state index in [0.29, 0.717) is 0 Å². The molecule has 9 rings (SSSR count). The quantitative estimate of drug-likeness (QED) is 0.223. The number of nitrogens with zero attached hydrogens (tertiary/aromatic N) is 1. The third-order valence-electron chi connectivity index (χ3n) is 8.12. The highest BCUT2D eigenvalue weighted by atomic mass is 16.4. The molecule has 4 heteroatoms. The van der Waals surface area contributed by atoms with E-state index >= 15 is 0 Å². The van der Waals surface area contributed by atoms with Gasteiger partial charge in [-0.15, -0.1) is 0 Å². The number of hydrogen-bond acceptors (Lipinski definition) is 3. The maximum absolute atomic E-state index is 6.90. The maximum atomic E-state index is 6.90. The minimum absolute atomic E-state index is 0.230. The average Bonchev–Trinajstić information content (AvgIpc) is 3.45. The second-order valence-corrected chi connectivity index (χ2v) is 10.1. The van der Waals surface area contributed by atoms with Crippen LogP contribution in [0.4, 0.5) is 17.1 Å². The predicted molar refractivity (Wildman–Crippen MR) is 157 cm³/mol. The van der Waals surface area contributed by atoms with E-state index in [9.17, 15) is 0 Å². The molecule has 0 unspecified atom stereocenters. The van der Waals surface area contributed by atoms with Crippen LogP contribution in [0.15, 0.2) is 126 Å². The Morgan fingerprint density at radius 2 is 1.37 bits per heavy atom. The molecular weight excluding hydrogens is 465 g/mol. The van der Waals surface area contributed by atoms with E-state index in [-0.39, 0.29) is 6.92 Å². The SMILES string of the molecule is c1ccc2c(c1)OB1c3c-2cc2occc2c3N(c2ccc3ccccc3c2)c2ccc3ccccc3c21. The van der Waals surface area contributed by atoms with Gasteiger partial charge in [0.1, 0.15) is 11.3 Å². The monoisotopic (exact) mass is 485 g/mol. The molecule has 0 radical (unpaired) electrons. The van der Waals surface area contributed by atoms with Crippen LogP contribution in [0.5, 0.6) is 5.75 Å². The Morgan fingerprint density at radius 3 is 2.32 bits per heavy atom. The second kappa shape index (κ2) is 7.30. The number of para-hydroxylation sites is 1. The van der Waals surface area contributed by atoms with E-state index in [1.54, 1.807) is 6.26 Å². The van der Waals surface area contributed by atoms with Crippen molar-refractivity contribution in [2.75, 3.05) is 4.90 Å². The van der Waals surface area contributed by atoms with E-state index in [0.717, 1.165) is 39.3 Å². The van der Waals surface area contributed by atoms with Gasteiger partial charge in [0.25, 0.3) is 0 Å². The molecule has 3 nitrogen and oxygen atoms in total. The molecule has 176 valence electrons. The highest BCUT2D eigenvalue weighted by Crippen LogP contribution is 2.47. The first-order valence-electron chi connectivity index (χ1n) is 13.0. The minimum atomic E-state index is -0.230. The molecule has 2 aliphatic heterocycles. The molecule has 0 N–H and O–H groups in total. The summed E-state index contributed by atoms with van der Waals surface area (Å²) in [6.07, 6.45) is 1.79. The van der Waals surface area contributed by atoms with Crippen molar-refractivity contribution in [1.29, 1.82) is 0 Å². The summed E-state index contributed by atoms with van der Waals surface area (Å²) in [6, 6.07) is 41.0. The maximum Gasteiger partial charge on any atom is 0.432 e. The van der Waals surface area contributed by atoms with Crippen LogP contribution in [0.3, 0.4) is 0 Å². The highest BCUT2D eigenvalue weighted by Gasteiger charge is 2.44. The number of fused-ring (bicyclic) bond motifs is 9. The van der Waals surface area contributed by atoms with Crippen molar-refractivity contribution in [2.24, 2.45) is 0 Å². The van der Waals surface area contributed by atoms with E-state index in [2.05, 4.69) is 114 Å². The van der Waals surface area contributed by atoms with Gasteiger partial charge in [0.2, 0.25) is 0 Å². The fourth-order valence-electron chi connectivity index (χ4n) is 6.48. The smallest absolute Gasteiger partial charge is 0.432 e. The molecule has 7 aromatic rings. The Hall–Kier alpha value is -4.96. The number of hydrogen-bond donors (Lipinski definition) is 0. The molecule has 0 amide bonds. The summed E-state index contributed by atoms with van der Waals surface area (Å²) in [5, 5.41) is 5.95. The number of furan rings is 1. The Bertz CT molecular complexity index is 2090. The Balaban J connectivity index is 1.46. The molecule has 0 bridgehead atoms. The van der Waals surface area contributed by atoms with Crippen LogP contribution in [0.25, 0.3) is 43.6 Å². The van der Waals surface area contributed by atoms with Crippen molar-refractivity contribution in [3.05, 3.63) is 122 Å². The standard InChI is InChI=1S/C34H20BNO2/c1-2-9-23-19-24(15-13-21(23)7-1)36-29-16-14-22-8-3-4-10-25(22)32(29)35-33-28(26-11-5-6-12-30(26)38-35)20-31-27(34(33)36)17-18-37-31/h1-20H. The van der Waals surface area contributed by atoms with Gasteiger partial charge in [-0.2, -0.15) is 0 Å². The summed E-state index contributed by atoms with van der Waals surface area (Å²) < 4.78 is 12.9. The summed E-state index contributed by atoms with van der Waals surface area (Å²) in [4.78, 5) is 2.42. The van der Waals surface area contributed by atoms with Crippen molar-refractivity contribution in [3.63, 3.8) is 0 Å². The van der Waals surface area contributed by atoms with Gasteiger partial charge in [0.15, 0.2) is 0 Å². The Kier molecular flexibility index (Phi) is 3.87. The minimum Gasteiger partial charge on any atom is -0.551 e. The van der Waals surface area contributed by atoms with Gasteiger partial charge in [0.05, 0.1) is 12.0 Å². The summed E-state index contributed by atoms with van der Waals surface area (Å²) in [5.41, 5.74) is 8.91. The van der Waals surface area contributed by atoms with Crippen molar-refractivity contribution >= 4 is 67.4 Å². The zero-order valence-corrected chi connectivity index (χ0v) is 20.4. The van der Waals surface area contributed by atoms with Gasteiger partial charge in [0, 0.05) is 33.3 Å².